The number of ether oxygens (including phenoxy) is 1. The summed E-state index contributed by atoms with van der Waals surface area (Å²) in [7, 11) is 1.67. The molecule has 0 heterocycles. The first-order valence-corrected chi connectivity index (χ1v) is 5.19. The van der Waals surface area contributed by atoms with Crippen molar-refractivity contribution in [2.45, 2.75) is 26.3 Å². The SMILES string of the molecule is CCC(COC)Nc1cccc(F)c1C. The number of anilines is 1. The first-order valence-electron chi connectivity index (χ1n) is 5.19. The molecule has 1 rings (SSSR count). The van der Waals surface area contributed by atoms with Crippen molar-refractivity contribution < 1.29 is 9.13 Å². The third kappa shape index (κ3) is 3.20. The molecule has 1 aromatic rings. The highest BCUT2D eigenvalue weighted by Crippen LogP contribution is 2.18. The van der Waals surface area contributed by atoms with E-state index in [0.717, 1.165) is 12.1 Å². The molecule has 0 aliphatic heterocycles. The van der Waals surface area contributed by atoms with Crippen LogP contribution in [0.2, 0.25) is 0 Å². The third-order valence-electron chi connectivity index (χ3n) is 2.49. The Hall–Kier alpha value is -1.09. The van der Waals surface area contributed by atoms with E-state index < -0.39 is 0 Å². The number of benzene rings is 1. The van der Waals surface area contributed by atoms with Crippen molar-refractivity contribution in [3.63, 3.8) is 0 Å². The van der Waals surface area contributed by atoms with E-state index in [2.05, 4.69) is 12.2 Å². The van der Waals surface area contributed by atoms with E-state index in [-0.39, 0.29) is 11.9 Å². The van der Waals surface area contributed by atoms with Gasteiger partial charge in [0.1, 0.15) is 5.82 Å². The standard InChI is InChI=1S/C12H18FNO/c1-4-10(8-15-3)14-12-7-5-6-11(13)9(12)2/h5-7,10,14H,4,8H2,1-3H3. The molecule has 1 N–H and O–H groups in total. The van der Waals surface area contributed by atoms with Crippen molar-refractivity contribution >= 4 is 5.69 Å². The maximum absolute atomic E-state index is 13.2. The topological polar surface area (TPSA) is 21.3 Å². The lowest BCUT2D eigenvalue weighted by atomic mass is 10.1. The highest BCUT2D eigenvalue weighted by atomic mass is 19.1. The molecule has 0 aliphatic rings. The summed E-state index contributed by atoms with van der Waals surface area (Å²) in [6.45, 7) is 4.48. The number of nitrogens with one attached hydrogen (secondary N) is 1. The van der Waals surface area contributed by atoms with Crippen LogP contribution in [0.15, 0.2) is 18.2 Å². The fourth-order valence-corrected chi connectivity index (χ4v) is 1.45. The minimum Gasteiger partial charge on any atom is -0.383 e. The van der Waals surface area contributed by atoms with E-state index >= 15 is 0 Å². The maximum atomic E-state index is 13.2. The second-order valence-corrected chi connectivity index (χ2v) is 3.62. The summed E-state index contributed by atoms with van der Waals surface area (Å²) in [5.41, 5.74) is 1.51. The zero-order chi connectivity index (χ0) is 11.3. The third-order valence-corrected chi connectivity index (χ3v) is 2.49. The number of halogens is 1. The molecule has 0 saturated carbocycles. The summed E-state index contributed by atoms with van der Waals surface area (Å²) in [4.78, 5) is 0. The van der Waals surface area contributed by atoms with Crippen LogP contribution < -0.4 is 5.32 Å². The first kappa shape index (κ1) is 12.0. The van der Waals surface area contributed by atoms with Crippen molar-refractivity contribution in [3.05, 3.63) is 29.6 Å². The summed E-state index contributed by atoms with van der Waals surface area (Å²) < 4.78 is 18.3. The quantitative estimate of drug-likeness (QED) is 0.808. The van der Waals surface area contributed by atoms with Gasteiger partial charge in [-0.25, -0.2) is 4.39 Å². The Morgan fingerprint density at radius 1 is 1.47 bits per heavy atom. The monoisotopic (exact) mass is 211 g/mol. The van der Waals surface area contributed by atoms with Crippen LogP contribution in [0.5, 0.6) is 0 Å². The number of rotatable bonds is 5. The van der Waals surface area contributed by atoms with Crippen LogP contribution in [-0.4, -0.2) is 19.8 Å². The minimum atomic E-state index is -0.174. The van der Waals surface area contributed by atoms with Crippen LogP contribution in [0.25, 0.3) is 0 Å². The fraction of sp³-hybridized carbons (Fsp3) is 0.500. The van der Waals surface area contributed by atoms with Crippen molar-refractivity contribution in [1.82, 2.24) is 0 Å². The van der Waals surface area contributed by atoms with E-state index in [1.807, 2.05) is 6.07 Å². The predicted molar refractivity (Wildman–Crippen MR) is 60.7 cm³/mol. The Morgan fingerprint density at radius 2 is 2.20 bits per heavy atom. The predicted octanol–water partition coefficient (Wildman–Crippen LogP) is 2.97. The molecular weight excluding hydrogens is 193 g/mol. The van der Waals surface area contributed by atoms with Gasteiger partial charge in [-0.2, -0.15) is 0 Å². The van der Waals surface area contributed by atoms with Gasteiger partial charge in [-0.05, 0) is 25.5 Å². The fourth-order valence-electron chi connectivity index (χ4n) is 1.45. The van der Waals surface area contributed by atoms with Crippen LogP contribution in [0, 0.1) is 12.7 Å². The van der Waals surface area contributed by atoms with Crippen LogP contribution >= 0.6 is 0 Å². The van der Waals surface area contributed by atoms with Gasteiger partial charge in [-0.15, -0.1) is 0 Å². The molecule has 0 spiro atoms. The highest BCUT2D eigenvalue weighted by Gasteiger charge is 2.08. The van der Waals surface area contributed by atoms with Gasteiger partial charge in [-0.1, -0.05) is 13.0 Å². The van der Waals surface area contributed by atoms with Gasteiger partial charge in [0.25, 0.3) is 0 Å². The van der Waals surface area contributed by atoms with Crippen molar-refractivity contribution in [3.8, 4) is 0 Å². The maximum Gasteiger partial charge on any atom is 0.128 e. The largest absolute Gasteiger partial charge is 0.383 e. The Bertz CT molecular complexity index is 314. The van der Waals surface area contributed by atoms with Gasteiger partial charge in [0.05, 0.1) is 6.61 Å². The number of hydrogen-bond donors (Lipinski definition) is 1. The van der Waals surface area contributed by atoms with E-state index in [9.17, 15) is 4.39 Å². The molecule has 1 atom stereocenters. The summed E-state index contributed by atoms with van der Waals surface area (Å²) in [5, 5.41) is 3.27. The second kappa shape index (κ2) is 5.71. The molecule has 0 bridgehead atoms. The van der Waals surface area contributed by atoms with Crippen LogP contribution in [0.4, 0.5) is 10.1 Å². The summed E-state index contributed by atoms with van der Waals surface area (Å²) in [6, 6.07) is 5.30. The molecule has 0 aliphatic carbocycles. The molecule has 15 heavy (non-hydrogen) atoms. The Balaban J connectivity index is 2.74. The highest BCUT2D eigenvalue weighted by molar-refractivity contribution is 5.51. The molecule has 0 fully saturated rings. The second-order valence-electron chi connectivity index (χ2n) is 3.62. The normalized spacial score (nSPS) is 12.5. The molecule has 0 saturated heterocycles. The molecule has 3 heteroatoms. The first-order chi connectivity index (χ1) is 7.19. The molecule has 0 radical (unpaired) electrons. The van der Waals surface area contributed by atoms with Gasteiger partial charge in [0.2, 0.25) is 0 Å². The average molecular weight is 211 g/mol. The lowest BCUT2D eigenvalue weighted by Crippen LogP contribution is -2.24. The van der Waals surface area contributed by atoms with Gasteiger partial charge in [-0.3, -0.25) is 0 Å². The van der Waals surface area contributed by atoms with Gasteiger partial charge < -0.3 is 10.1 Å². The smallest absolute Gasteiger partial charge is 0.128 e. The van der Waals surface area contributed by atoms with Crippen molar-refractivity contribution in [2.75, 3.05) is 19.0 Å². The van der Waals surface area contributed by atoms with Crippen LogP contribution in [-0.2, 0) is 4.74 Å². The molecule has 0 aromatic heterocycles. The average Bonchev–Trinajstić information content (AvgIpc) is 2.24. The van der Waals surface area contributed by atoms with Gasteiger partial charge in [0, 0.05) is 24.4 Å². The molecule has 1 unspecified atom stereocenters. The Morgan fingerprint density at radius 3 is 2.80 bits per heavy atom. The van der Waals surface area contributed by atoms with E-state index in [4.69, 9.17) is 4.74 Å². The summed E-state index contributed by atoms with van der Waals surface area (Å²) in [5.74, 6) is -0.174. The van der Waals surface area contributed by atoms with Crippen molar-refractivity contribution in [2.24, 2.45) is 0 Å². The summed E-state index contributed by atoms with van der Waals surface area (Å²) >= 11 is 0. The molecular formula is C12H18FNO. The van der Waals surface area contributed by atoms with Gasteiger partial charge >= 0.3 is 0 Å². The molecule has 0 amide bonds. The zero-order valence-corrected chi connectivity index (χ0v) is 9.51. The molecule has 84 valence electrons. The number of hydrogen-bond acceptors (Lipinski definition) is 2. The number of methoxy groups -OCH3 is 1. The minimum absolute atomic E-state index is 0.174. The van der Waals surface area contributed by atoms with E-state index in [0.29, 0.717) is 12.2 Å². The van der Waals surface area contributed by atoms with E-state index in [1.54, 1.807) is 20.1 Å². The van der Waals surface area contributed by atoms with Gasteiger partial charge in [0.15, 0.2) is 0 Å². The van der Waals surface area contributed by atoms with Crippen LogP contribution in [0.3, 0.4) is 0 Å². The Labute approximate surface area is 90.4 Å². The van der Waals surface area contributed by atoms with Crippen LogP contribution in [0.1, 0.15) is 18.9 Å². The summed E-state index contributed by atoms with van der Waals surface area (Å²) in [6.07, 6.45) is 0.948. The zero-order valence-electron chi connectivity index (χ0n) is 9.51. The Kier molecular flexibility index (Phi) is 4.56. The van der Waals surface area contributed by atoms with E-state index in [1.165, 1.54) is 6.07 Å². The molecule has 1 aromatic carbocycles. The lowest BCUT2D eigenvalue weighted by Gasteiger charge is -2.18. The molecule has 2 nitrogen and oxygen atoms in total. The van der Waals surface area contributed by atoms with Crippen molar-refractivity contribution in [1.29, 1.82) is 0 Å². The lowest BCUT2D eigenvalue weighted by molar-refractivity contribution is 0.184.